The zero-order valence-corrected chi connectivity index (χ0v) is 15.2. The van der Waals surface area contributed by atoms with Crippen LogP contribution in [-0.4, -0.2) is 46.7 Å². The van der Waals surface area contributed by atoms with Crippen molar-refractivity contribution in [3.05, 3.63) is 59.9 Å². The van der Waals surface area contributed by atoms with Crippen molar-refractivity contribution in [3.63, 3.8) is 0 Å². The fourth-order valence-corrected chi connectivity index (χ4v) is 3.42. The molecule has 0 saturated carbocycles. The van der Waals surface area contributed by atoms with E-state index in [1.807, 2.05) is 30.1 Å². The van der Waals surface area contributed by atoms with Gasteiger partial charge in [-0.2, -0.15) is 0 Å². The molecule has 2 heterocycles. The number of nitrogens with one attached hydrogen (secondary N) is 1. The van der Waals surface area contributed by atoms with Gasteiger partial charge in [0.2, 0.25) is 5.95 Å². The van der Waals surface area contributed by atoms with Crippen LogP contribution in [0.5, 0.6) is 0 Å². The molecule has 27 heavy (non-hydrogen) atoms. The maximum absolute atomic E-state index is 12.9. The normalized spacial score (nSPS) is 14.6. The van der Waals surface area contributed by atoms with E-state index in [2.05, 4.69) is 20.9 Å². The molecule has 140 valence electrons. The molecule has 1 aliphatic rings. The SMILES string of the molecule is Cn1c(N2CCN(C(=O)NCc3ccc(F)cc3)CC2)nc2ccccc21. The lowest BCUT2D eigenvalue weighted by Gasteiger charge is -2.35. The largest absolute Gasteiger partial charge is 0.339 e. The molecule has 1 fully saturated rings. The zero-order valence-electron chi connectivity index (χ0n) is 15.2. The Bertz CT molecular complexity index is 945. The summed E-state index contributed by atoms with van der Waals surface area (Å²) in [6.07, 6.45) is 0. The summed E-state index contributed by atoms with van der Waals surface area (Å²) in [6.45, 7) is 3.14. The van der Waals surface area contributed by atoms with Gasteiger partial charge >= 0.3 is 6.03 Å². The van der Waals surface area contributed by atoms with Crippen molar-refractivity contribution in [2.45, 2.75) is 6.54 Å². The molecule has 1 aromatic heterocycles. The van der Waals surface area contributed by atoms with Crippen LogP contribution < -0.4 is 10.2 Å². The maximum atomic E-state index is 12.9. The number of piperazine rings is 1. The monoisotopic (exact) mass is 367 g/mol. The maximum Gasteiger partial charge on any atom is 0.317 e. The Labute approximate surface area is 157 Å². The van der Waals surface area contributed by atoms with Crippen molar-refractivity contribution in [1.82, 2.24) is 19.8 Å². The summed E-state index contributed by atoms with van der Waals surface area (Å²) >= 11 is 0. The van der Waals surface area contributed by atoms with Crippen LogP contribution in [0.1, 0.15) is 5.56 Å². The summed E-state index contributed by atoms with van der Waals surface area (Å²) in [5, 5.41) is 2.90. The first kappa shape index (κ1) is 17.3. The van der Waals surface area contributed by atoms with Gasteiger partial charge in [0.1, 0.15) is 5.82 Å². The van der Waals surface area contributed by atoms with E-state index < -0.39 is 0 Å². The molecular weight excluding hydrogens is 345 g/mol. The third-order valence-corrected chi connectivity index (χ3v) is 4.97. The summed E-state index contributed by atoms with van der Waals surface area (Å²) in [5.74, 6) is 0.658. The number of anilines is 1. The van der Waals surface area contributed by atoms with Crippen molar-refractivity contribution < 1.29 is 9.18 Å². The number of para-hydroxylation sites is 2. The number of aromatic nitrogens is 2. The van der Waals surface area contributed by atoms with Crippen LogP contribution >= 0.6 is 0 Å². The van der Waals surface area contributed by atoms with Gasteiger partial charge in [0.15, 0.2) is 0 Å². The molecule has 1 saturated heterocycles. The smallest absolute Gasteiger partial charge is 0.317 e. The quantitative estimate of drug-likeness (QED) is 0.775. The number of imidazole rings is 1. The molecule has 4 rings (SSSR count). The highest BCUT2D eigenvalue weighted by Gasteiger charge is 2.23. The highest BCUT2D eigenvalue weighted by atomic mass is 19.1. The molecule has 0 aliphatic carbocycles. The van der Waals surface area contributed by atoms with Gasteiger partial charge in [0, 0.05) is 39.8 Å². The topological polar surface area (TPSA) is 53.4 Å². The summed E-state index contributed by atoms with van der Waals surface area (Å²) < 4.78 is 15.0. The van der Waals surface area contributed by atoms with Crippen molar-refractivity contribution in [2.24, 2.45) is 7.05 Å². The lowest BCUT2D eigenvalue weighted by atomic mass is 10.2. The number of halogens is 1. The highest BCUT2D eigenvalue weighted by Crippen LogP contribution is 2.22. The van der Waals surface area contributed by atoms with Gasteiger partial charge in [-0.1, -0.05) is 24.3 Å². The Kier molecular flexibility index (Phi) is 4.66. The second-order valence-corrected chi connectivity index (χ2v) is 6.72. The zero-order chi connectivity index (χ0) is 18.8. The van der Waals surface area contributed by atoms with Crippen LogP contribution in [0.4, 0.5) is 15.1 Å². The van der Waals surface area contributed by atoms with E-state index in [1.54, 1.807) is 12.1 Å². The van der Waals surface area contributed by atoms with Gasteiger partial charge in [-0.25, -0.2) is 14.2 Å². The fourth-order valence-electron chi connectivity index (χ4n) is 3.42. The number of rotatable bonds is 3. The molecule has 0 spiro atoms. The Hall–Kier alpha value is -3.09. The minimum absolute atomic E-state index is 0.0935. The Balaban J connectivity index is 1.34. The van der Waals surface area contributed by atoms with Crippen LogP contribution in [0.15, 0.2) is 48.5 Å². The van der Waals surface area contributed by atoms with E-state index in [-0.39, 0.29) is 11.8 Å². The lowest BCUT2D eigenvalue weighted by molar-refractivity contribution is 0.193. The van der Waals surface area contributed by atoms with E-state index in [9.17, 15) is 9.18 Å². The average molecular weight is 367 g/mol. The second-order valence-electron chi connectivity index (χ2n) is 6.72. The number of hydrogen-bond donors (Lipinski definition) is 1. The molecule has 1 aliphatic heterocycles. The molecule has 3 aromatic rings. The number of nitrogens with zero attached hydrogens (tertiary/aromatic N) is 4. The van der Waals surface area contributed by atoms with Gasteiger partial charge < -0.3 is 19.7 Å². The average Bonchev–Trinajstić information content (AvgIpc) is 3.04. The highest BCUT2D eigenvalue weighted by molar-refractivity contribution is 5.79. The first-order valence-corrected chi connectivity index (χ1v) is 9.05. The number of benzene rings is 2. The Morgan fingerprint density at radius 3 is 2.48 bits per heavy atom. The summed E-state index contributed by atoms with van der Waals surface area (Å²) in [4.78, 5) is 21.1. The molecule has 0 atom stereocenters. The molecule has 6 nitrogen and oxygen atoms in total. The number of urea groups is 1. The number of carbonyl (C=O) groups is 1. The third-order valence-electron chi connectivity index (χ3n) is 4.97. The molecule has 0 bridgehead atoms. The van der Waals surface area contributed by atoms with Crippen LogP contribution in [0.2, 0.25) is 0 Å². The van der Waals surface area contributed by atoms with Crippen LogP contribution in [0, 0.1) is 5.82 Å². The summed E-state index contributed by atoms with van der Waals surface area (Å²) in [6, 6.07) is 14.1. The molecule has 1 N–H and O–H groups in total. The van der Waals surface area contributed by atoms with Crippen molar-refractivity contribution in [2.75, 3.05) is 31.1 Å². The second kappa shape index (κ2) is 7.26. The van der Waals surface area contributed by atoms with Gasteiger partial charge in [-0.05, 0) is 29.8 Å². The van der Waals surface area contributed by atoms with E-state index in [4.69, 9.17) is 4.98 Å². The number of aryl methyl sites for hydroxylation is 1. The van der Waals surface area contributed by atoms with Crippen molar-refractivity contribution >= 4 is 23.0 Å². The molecule has 2 aromatic carbocycles. The standard InChI is InChI=1S/C20H22FN5O/c1-24-18-5-3-2-4-17(18)23-19(24)25-10-12-26(13-11-25)20(27)22-14-15-6-8-16(21)9-7-15/h2-9H,10-14H2,1H3,(H,22,27). The van der Waals surface area contributed by atoms with Crippen molar-refractivity contribution in [1.29, 1.82) is 0 Å². The van der Waals surface area contributed by atoms with E-state index in [0.29, 0.717) is 19.6 Å². The molecule has 2 amide bonds. The minimum Gasteiger partial charge on any atom is -0.339 e. The van der Waals surface area contributed by atoms with Gasteiger partial charge in [0.05, 0.1) is 11.0 Å². The predicted octanol–water partition coefficient (Wildman–Crippen LogP) is 2.74. The van der Waals surface area contributed by atoms with Crippen LogP contribution in [0.3, 0.4) is 0 Å². The number of carbonyl (C=O) groups excluding carboxylic acids is 1. The number of fused-ring (bicyclic) bond motifs is 1. The van der Waals surface area contributed by atoms with Crippen molar-refractivity contribution in [3.8, 4) is 0 Å². The molecule has 0 radical (unpaired) electrons. The van der Waals surface area contributed by atoms with Gasteiger partial charge in [0.25, 0.3) is 0 Å². The fraction of sp³-hybridized carbons (Fsp3) is 0.300. The Morgan fingerprint density at radius 1 is 1.07 bits per heavy atom. The number of hydrogen-bond acceptors (Lipinski definition) is 3. The van der Waals surface area contributed by atoms with Gasteiger partial charge in [-0.15, -0.1) is 0 Å². The lowest BCUT2D eigenvalue weighted by Crippen LogP contribution is -2.52. The molecule has 0 unspecified atom stereocenters. The third kappa shape index (κ3) is 3.58. The predicted molar refractivity (Wildman–Crippen MR) is 103 cm³/mol. The van der Waals surface area contributed by atoms with Crippen LogP contribution in [0.25, 0.3) is 11.0 Å². The van der Waals surface area contributed by atoms with Gasteiger partial charge in [-0.3, -0.25) is 0 Å². The first-order chi connectivity index (χ1) is 13.1. The molecule has 7 heteroatoms. The van der Waals surface area contributed by atoms with E-state index in [0.717, 1.165) is 35.6 Å². The Morgan fingerprint density at radius 2 is 1.78 bits per heavy atom. The van der Waals surface area contributed by atoms with Crippen LogP contribution in [-0.2, 0) is 13.6 Å². The first-order valence-electron chi connectivity index (χ1n) is 9.05. The number of amides is 2. The molecular formula is C20H22FN5O. The summed E-state index contributed by atoms with van der Waals surface area (Å²) in [5.41, 5.74) is 2.96. The minimum atomic E-state index is -0.275. The van der Waals surface area contributed by atoms with E-state index >= 15 is 0 Å². The van der Waals surface area contributed by atoms with E-state index in [1.165, 1.54) is 12.1 Å². The summed E-state index contributed by atoms with van der Waals surface area (Å²) in [7, 11) is 2.02.